The van der Waals surface area contributed by atoms with E-state index in [2.05, 4.69) is 4.98 Å². The lowest BCUT2D eigenvalue weighted by Gasteiger charge is -2.38. The van der Waals surface area contributed by atoms with E-state index in [1.165, 1.54) is 0 Å². The van der Waals surface area contributed by atoms with Crippen molar-refractivity contribution in [2.75, 3.05) is 13.1 Å². The Labute approximate surface area is 105 Å². The van der Waals surface area contributed by atoms with Gasteiger partial charge in [-0.2, -0.15) is 0 Å². The zero-order valence-electron chi connectivity index (χ0n) is 10.1. The number of amides is 1. The van der Waals surface area contributed by atoms with Crippen molar-refractivity contribution in [2.45, 2.75) is 19.3 Å². The fraction of sp³-hybridized carbons (Fsp3) is 0.462. The number of carbonyl (C=O) groups is 2. The highest BCUT2D eigenvalue weighted by Gasteiger charge is 2.31. The highest BCUT2D eigenvalue weighted by molar-refractivity contribution is 5.77. The summed E-state index contributed by atoms with van der Waals surface area (Å²) in [7, 11) is 0. The first-order chi connectivity index (χ1) is 8.65. The molecule has 0 aromatic carbocycles. The van der Waals surface area contributed by atoms with Crippen LogP contribution in [0, 0.1) is 5.92 Å². The lowest BCUT2D eigenvalue weighted by molar-refractivity contribution is -0.145. The van der Waals surface area contributed by atoms with Crippen LogP contribution in [0.4, 0.5) is 0 Å². The molecule has 1 fully saturated rings. The zero-order chi connectivity index (χ0) is 13.0. The molecule has 0 unspecified atom stereocenters. The summed E-state index contributed by atoms with van der Waals surface area (Å²) in [6, 6.07) is 5.65. The van der Waals surface area contributed by atoms with E-state index in [9.17, 15) is 9.59 Å². The maximum atomic E-state index is 11.8. The molecule has 18 heavy (non-hydrogen) atoms. The van der Waals surface area contributed by atoms with Crippen molar-refractivity contribution >= 4 is 11.9 Å². The van der Waals surface area contributed by atoms with Gasteiger partial charge in [0.1, 0.15) is 0 Å². The third-order valence-corrected chi connectivity index (χ3v) is 3.09. The fourth-order valence-corrected chi connectivity index (χ4v) is 2.09. The lowest BCUT2D eigenvalue weighted by atomic mass is 9.96. The van der Waals surface area contributed by atoms with Crippen molar-refractivity contribution in [1.29, 1.82) is 0 Å². The molecule has 1 amide bonds. The van der Waals surface area contributed by atoms with E-state index in [4.69, 9.17) is 5.11 Å². The van der Waals surface area contributed by atoms with E-state index in [0.29, 0.717) is 25.9 Å². The van der Waals surface area contributed by atoms with Gasteiger partial charge in [-0.25, -0.2) is 0 Å². The Kier molecular flexibility index (Phi) is 3.92. The predicted octanol–water partition coefficient (Wildman–Crippen LogP) is 0.947. The average molecular weight is 248 g/mol. The summed E-state index contributed by atoms with van der Waals surface area (Å²) >= 11 is 0. The number of likely N-dealkylation sites (tertiary alicyclic amines) is 1. The highest BCUT2D eigenvalue weighted by atomic mass is 16.4. The summed E-state index contributed by atoms with van der Waals surface area (Å²) < 4.78 is 0. The predicted molar refractivity (Wildman–Crippen MR) is 64.9 cm³/mol. The number of pyridine rings is 1. The molecular formula is C13H16N2O3. The maximum Gasteiger partial charge on any atom is 0.303 e. The van der Waals surface area contributed by atoms with Crippen LogP contribution in [-0.4, -0.2) is 40.0 Å². The second kappa shape index (κ2) is 5.62. The number of hydrogen-bond donors (Lipinski definition) is 1. The van der Waals surface area contributed by atoms with Gasteiger partial charge in [0.15, 0.2) is 0 Å². The van der Waals surface area contributed by atoms with E-state index in [-0.39, 0.29) is 18.2 Å². The summed E-state index contributed by atoms with van der Waals surface area (Å²) in [6.07, 6.45) is 2.95. The number of aliphatic carboxylic acids is 1. The lowest BCUT2D eigenvalue weighted by Crippen LogP contribution is -2.50. The molecule has 0 saturated carbocycles. The SMILES string of the molecule is O=C(O)CC1CN(C(=O)CCc2ccccn2)C1. The molecule has 5 heteroatoms. The molecule has 0 bridgehead atoms. The molecule has 1 saturated heterocycles. The molecule has 1 aliphatic heterocycles. The van der Waals surface area contributed by atoms with E-state index in [1.807, 2.05) is 18.2 Å². The van der Waals surface area contributed by atoms with Gasteiger partial charge in [0.05, 0.1) is 6.42 Å². The van der Waals surface area contributed by atoms with Crippen LogP contribution in [0.15, 0.2) is 24.4 Å². The van der Waals surface area contributed by atoms with Gasteiger partial charge in [0.25, 0.3) is 0 Å². The fourth-order valence-electron chi connectivity index (χ4n) is 2.09. The van der Waals surface area contributed by atoms with Gasteiger partial charge in [-0.1, -0.05) is 6.07 Å². The molecule has 1 aromatic rings. The molecule has 5 nitrogen and oxygen atoms in total. The molecular weight excluding hydrogens is 232 g/mol. The minimum atomic E-state index is -0.791. The molecule has 2 heterocycles. The average Bonchev–Trinajstić information content (AvgIpc) is 2.31. The summed E-state index contributed by atoms with van der Waals surface area (Å²) in [5.41, 5.74) is 0.911. The van der Waals surface area contributed by atoms with Gasteiger partial charge in [-0.3, -0.25) is 14.6 Å². The van der Waals surface area contributed by atoms with Crippen molar-refractivity contribution in [3.8, 4) is 0 Å². The number of carboxylic acids is 1. The van der Waals surface area contributed by atoms with E-state index >= 15 is 0 Å². The Morgan fingerprint density at radius 2 is 2.17 bits per heavy atom. The molecule has 0 atom stereocenters. The van der Waals surface area contributed by atoms with Crippen molar-refractivity contribution in [3.05, 3.63) is 30.1 Å². The number of aryl methyl sites for hydroxylation is 1. The molecule has 0 spiro atoms. The van der Waals surface area contributed by atoms with E-state index < -0.39 is 5.97 Å². The molecule has 96 valence electrons. The smallest absolute Gasteiger partial charge is 0.303 e. The van der Waals surface area contributed by atoms with Crippen LogP contribution >= 0.6 is 0 Å². The van der Waals surface area contributed by atoms with Crippen LogP contribution in [-0.2, 0) is 16.0 Å². The van der Waals surface area contributed by atoms with Crippen molar-refractivity contribution in [1.82, 2.24) is 9.88 Å². The standard InChI is InChI=1S/C13H16N2O3/c16-12(5-4-11-3-1-2-6-14-11)15-8-10(9-15)7-13(17)18/h1-3,6,10H,4-5,7-9H2,(H,17,18). The summed E-state index contributed by atoms with van der Waals surface area (Å²) in [4.78, 5) is 28.1. The molecule has 2 rings (SSSR count). The van der Waals surface area contributed by atoms with Crippen LogP contribution in [0.2, 0.25) is 0 Å². The van der Waals surface area contributed by atoms with Crippen LogP contribution in [0.3, 0.4) is 0 Å². The molecule has 1 aliphatic rings. The Morgan fingerprint density at radius 1 is 1.39 bits per heavy atom. The van der Waals surface area contributed by atoms with Crippen molar-refractivity contribution < 1.29 is 14.7 Å². The third kappa shape index (κ3) is 3.29. The summed E-state index contributed by atoms with van der Waals surface area (Å²) in [6.45, 7) is 1.15. The van der Waals surface area contributed by atoms with Gasteiger partial charge in [-0.15, -0.1) is 0 Å². The van der Waals surface area contributed by atoms with Gasteiger partial charge < -0.3 is 10.0 Å². The van der Waals surface area contributed by atoms with Gasteiger partial charge in [-0.05, 0) is 18.6 Å². The van der Waals surface area contributed by atoms with Crippen molar-refractivity contribution in [3.63, 3.8) is 0 Å². The first-order valence-corrected chi connectivity index (χ1v) is 6.04. The van der Waals surface area contributed by atoms with Crippen LogP contribution in [0.5, 0.6) is 0 Å². The summed E-state index contributed by atoms with van der Waals surface area (Å²) in [5.74, 6) is -0.579. The first kappa shape index (κ1) is 12.5. The number of nitrogens with zero attached hydrogens (tertiary/aromatic N) is 2. The Bertz CT molecular complexity index is 427. The topological polar surface area (TPSA) is 70.5 Å². The number of hydrogen-bond acceptors (Lipinski definition) is 3. The quantitative estimate of drug-likeness (QED) is 0.842. The largest absolute Gasteiger partial charge is 0.481 e. The number of carboxylic acid groups (broad SMARTS) is 1. The second-order valence-electron chi connectivity index (χ2n) is 4.58. The Balaban J connectivity index is 1.70. The molecule has 1 aromatic heterocycles. The second-order valence-corrected chi connectivity index (χ2v) is 4.58. The minimum absolute atomic E-state index is 0.0855. The van der Waals surface area contributed by atoms with Gasteiger partial charge >= 0.3 is 5.97 Å². The normalized spacial score (nSPS) is 15.2. The molecule has 0 radical (unpaired) electrons. The van der Waals surface area contributed by atoms with Crippen LogP contribution in [0.25, 0.3) is 0 Å². The number of rotatable bonds is 5. The van der Waals surface area contributed by atoms with Crippen molar-refractivity contribution in [2.24, 2.45) is 5.92 Å². The maximum absolute atomic E-state index is 11.8. The highest BCUT2D eigenvalue weighted by Crippen LogP contribution is 2.20. The zero-order valence-corrected chi connectivity index (χ0v) is 10.1. The number of aromatic nitrogens is 1. The van der Waals surface area contributed by atoms with E-state index in [0.717, 1.165) is 5.69 Å². The van der Waals surface area contributed by atoms with Crippen LogP contribution in [0.1, 0.15) is 18.5 Å². The minimum Gasteiger partial charge on any atom is -0.481 e. The Hall–Kier alpha value is -1.91. The van der Waals surface area contributed by atoms with Crippen LogP contribution < -0.4 is 0 Å². The van der Waals surface area contributed by atoms with E-state index in [1.54, 1.807) is 11.1 Å². The monoisotopic (exact) mass is 248 g/mol. The van der Waals surface area contributed by atoms with Gasteiger partial charge in [0, 0.05) is 37.3 Å². The molecule has 0 aliphatic carbocycles. The summed E-state index contributed by atoms with van der Waals surface area (Å²) in [5, 5.41) is 8.61. The molecule has 1 N–H and O–H groups in total. The Morgan fingerprint density at radius 3 is 2.78 bits per heavy atom. The van der Waals surface area contributed by atoms with Gasteiger partial charge in [0.2, 0.25) is 5.91 Å². The first-order valence-electron chi connectivity index (χ1n) is 6.04. The number of carbonyl (C=O) groups excluding carboxylic acids is 1. The third-order valence-electron chi connectivity index (χ3n) is 3.09.